The van der Waals surface area contributed by atoms with Gasteiger partial charge in [-0.1, -0.05) is 12.1 Å². The van der Waals surface area contributed by atoms with Crippen LogP contribution < -0.4 is 20.5 Å². The minimum atomic E-state index is -0.248. The summed E-state index contributed by atoms with van der Waals surface area (Å²) in [7, 11) is 0. The Balaban J connectivity index is 2.02. The van der Waals surface area contributed by atoms with E-state index in [1.165, 1.54) is 12.1 Å². The Morgan fingerprint density at radius 1 is 1.12 bits per heavy atom. The molecule has 0 spiro atoms. The number of nitrogens with one attached hydrogen (secondary N) is 1. The summed E-state index contributed by atoms with van der Waals surface area (Å²) in [6.07, 6.45) is 0.609. The lowest BCUT2D eigenvalue weighted by Gasteiger charge is -2.14. The SMILES string of the molecule is CCOc1ccc(OCC)c(NC(N)=NCCc2cccc(F)c2)c1. The highest BCUT2D eigenvalue weighted by Gasteiger charge is 2.07. The molecule has 0 saturated heterocycles. The van der Waals surface area contributed by atoms with Crippen LogP contribution in [0.2, 0.25) is 0 Å². The second-order valence-electron chi connectivity index (χ2n) is 5.30. The van der Waals surface area contributed by atoms with Gasteiger partial charge < -0.3 is 20.5 Å². The van der Waals surface area contributed by atoms with Gasteiger partial charge in [0.1, 0.15) is 17.3 Å². The normalized spacial score (nSPS) is 11.2. The van der Waals surface area contributed by atoms with Crippen LogP contribution in [0.25, 0.3) is 0 Å². The maximum atomic E-state index is 13.2. The van der Waals surface area contributed by atoms with Crippen LogP contribution in [0.3, 0.4) is 0 Å². The average molecular weight is 345 g/mol. The molecule has 0 aromatic heterocycles. The van der Waals surface area contributed by atoms with Crippen molar-refractivity contribution < 1.29 is 13.9 Å². The van der Waals surface area contributed by atoms with Crippen molar-refractivity contribution in [1.29, 1.82) is 0 Å². The molecular weight excluding hydrogens is 321 g/mol. The number of benzene rings is 2. The van der Waals surface area contributed by atoms with E-state index < -0.39 is 0 Å². The molecule has 2 rings (SSSR count). The fourth-order valence-corrected chi connectivity index (χ4v) is 2.32. The summed E-state index contributed by atoms with van der Waals surface area (Å²) in [6, 6.07) is 12.0. The van der Waals surface area contributed by atoms with E-state index >= 15 is 0 Å². The highest BCUT2D eigenvalue weighted by molar-refractivity contribution is 5.94. The number of nitrogens with two attached hydrogens (primary N) is 1. The fourth-order valence-electron chi connectivity index (χ4n) is 2.32. The second kappa shape index (κ2) is 9.52. The molecule has 0 aliphatic carbocycles. The van der Waals surface area contributed by atoms with Gasteiger partial charge in [0.15, 0.2) is 5.96 Å². The highest BCUT2D eigenvalue weighted by atomic mass is 19.1. The van der Waals surface area contributed by atoms with Crippen molar-refractivity contribution in [2.75, 3.05) is 25.1 Å². The van der Waals surface area contributed by atoms with Crippen molar-refractivity contribution in [3.63, 3.8) is 0 Å². The minimum absolute atomic E-state index is 0.248. The van der Waals surface area contributed by atoms with E-state index in [4.69, 9.17) is 15.2 Å². The molecule has 134 valence electrons. The van der Waals surface area contributed by atoms with Gasteiger partial charge >= 0.3 is 0 Å². The average Bonchev–Trinajstić information content (AvgIpc) is 2.58. The van der Waals surface area contributed by atoms with E-state index in [0.29, 0.717) is 37.6 Å². The Morgan fingerprint density at radius 2 is 1.92 bits per heavy atom. The predicted octanol–water partition coefficient (Wildman–Crippen LogP) is 3.59. The van der Waals surface area contributed by atoms with Gasteiger partial charge in [0.2, 0.25) is 0 Å². The molecule has 0 aliphatic heterocycles. The van der Waals surface area contributed by atoms with Crippen LogP contribution in [0.1, 0.15) is 19.4 Å². The third kappa shape index (κ3) is 5.99. The van der Waals surface area contributed by atoms with Gasteiger partial charge in [-0.2, -0.15) is 0 Å². The van der Waals surface area contributed by atoms with Gasteiger partial charge in [-0.05, 0) is 50.1 Å². The van der Waals surface area contributed by atoms with Crippen molar-refractivity contribution in [3.05, 3.63) is 53.8 Å². The number of rotatable bonds is 8. The Hall–Kier alpha value is -2.76. The molecule has 2 aromatic carbocycles. The molecule has 0 amide bonds. The Labute approximate surface area is 147 Å². The fraction of sp³-hybridized carbons (Fsp3) is 0.316. The first-order chi connectivity index (χ1) is 12.1. The minimum Gasteiger partial charge on any atom is -0.494 e. The van der Waals surface area contributed by atoms with Crippen LogP contribution in [-0.4, -0.2) is 25.7 Å². The van der Waals surface area contributed by atoms with E-state index in [2.05, 4.69) is 10.3 Å². The molecule has 25 heavy (non-hydrogen) atoms. The van der Waals surface area contributed by atoms with Crippen LogP contribution >= 0.6 is 0 Å². The van der Waals surface area contributed by atoms with Crippen molar-refractivity contribution in [2.24, 2.45) is 10.7 Å². The molecular formula is C19H24FN3O2. The molecule has 3 N–H and O–H groups in total. The zero-order valence-corrected chi connectivity index (χ0v) is 14.6. The van der Waals surface area contributed by atoms with Gasteiger partial charge in [0, 0.05) is 12.6 Å². The van der Waals surface area contributed by atoms with Crippen LogP contribution in [0.15, 0.2) is 47.5 Å². The lowest BCUT2D eigenvalue weighted by Crippen LogP contribution is -2.23. The Bertz CT molecular complexity index is 720. The standard InChI is InChI=1S/C19H24FN3O2/c1-3-24-16-8-9-18(25-4-2)17(13-16)23-19(21)22-11-10-14-6-5-7-15(20)12-14/h5-9,12-13H,3-4,10-11H2,1-2H3,(H3,21,22,23). The van der Waals surface area contributed by atoms with Gasteiger partial charge in [-0.3, -0.25) is 4.99 Å². The molecule has 0 heterocycles. The lowest BCUT2D eigenvalue weighted by molar-refractivity contribution is 0.332. The Kier molecular flexibility index (Phi) is 7.07. The molecule has 0 atom stereocenters. The lowest BCUT2D eigenvalue weighted by atomic mass is 10.1. The number of aliphatic imine (C=N–C) groups is 1. The number of halogens is 1. The van der Waals surface area contributed by atoms with Crippen molar-refractivity contribution in [3.8, 4) is 11.5 Å². The molecule has 0 saturated carbocycles. The summed E-state index contributed by atoms with van der Waals surface area (Å²) < 4.78 is 24.2. The number of guanidine groups is 1. The Morgan fingerprint density at radius 3 is 2.64 bits per heavy atom. The van der Waals surface area contributed by atoms with E-state index in [0.717, 1.165) is 11.3 Å². The van der Waals surface area contributed by atoms with Crippen molar-refractivity contribution in [2.45, 2.75) is 20.3 Å². The van der Waals surface area contributed by atoms with Crippen LogP contribution in [0.4, 0.5) is 10.1 Å². The third-order valence-corrected chi connectivity index (χ3v) is 3.40. The number of hydrogen-bond acceptors (Lipinski definition) is 3. The summed E-state index contributed by atoms with van der Waals surface area (Å²) in [4.78, 5) is 4.29. The molecule has 0 radical (unpaired) electrons. The van der Waals surface area contributed by atoms with Gasteiger partial charge in [0.05, 0.1) is 18.9 Å². The zero-order valence-electron chi connectivity index (χ0n) is 14.6. The molecule has 0 fully saturated rings. The van der Waals surface area contributed by atoms with E-state index in [1.807, 2.05) is 38.1 Å². The summed E-state index contributed by atoms with van der Waals surface area (Å²) in [5.41, 5.74) is 7.53. The zero-order chi connectivity index (χ0) is 18.1. The topological polar surface area (TPSA) is 68.9 Å². The first-order valence-electron chi connectivity index (χ1n) is 8.33. The largest absolute Gasteiger partial charge is 0.494 e. The number of anilines is 1. The van der Waals surface area contributed by atoms with Crippen molar-refractivity contribution in [1.82, 2.24) is 0 Å². The highest BCUT2D eigenvalue weighted by Crippen LogP contribution is 2.29. The summed E-state index contributed by atoms with van der Waals surface area (Å²) in [6.45, 7) is 5.41. The molecule has 0 aliphatic rings. The predicted molar refractivity (Wildman–Crippen MR) is 99.0 cm³/mol. The van der Waals surface area contributed by atoms with Crippen LogP contribution in [-0.2, 0) is 6.42 Å². The molecule has 6 heteroatoms. The van der Waals surface area contributed by atoms with Crippen LogP contribution in [0, 0.1) is 5.82 Å². The first kappa shape index (κ1) is 18.6. The molecule has 0 bridgehead atoms. The van der Waals surface area contributed by atoms with Crippen LogP contribution in [0.5, 0.6) is 11.5 Å². The van der Waals surface area contributed by atoms with E-state index in [9.17, 15) is 4.39 Å². The molecule has 5 nitrogen and oxygen atoms in total. The number of hydrogen-bond donors (Lipinski definition) is 2. The number of nitrogens with zero attached hydrogens (tertiary/aromatic N) is 1. The van der Waals surface area contributed by atoms with Gasteiger partial charge in [-0.25, -0.2) is 4.39 Å². The second-order valence-corrected chi connectivity index (χ2v) is 5.30. The first-order valence-corrected chi connectivity index (χ1v) is 8.33. The summed E-state index contributed by atoms with van der Waals surface area (Å²) in [5, 5.41) is 3.04. The summed E-state index contributed by atoms with van der Waals surface area (Å²) in [5.74, 6) is 1.42. The summed E-state index contributed by atoms with van der Waals surface area (Å²) >= 11 is 0. The maximum Gasteiger partial charge on any atom is 0.193 e. The van der Waals surface area contributed by atoms with E-state index in [1.54, 1.807) is 6.07 Å². The third-order valence-electron chi connectivity index (χ3n) is 3.40. The monoisotopic (exact) mass is 345 g/mol. The quantitative estimate of drug-likeness (QED) is 0.567. The molecule has 0 unspecified atom stereocenters. The maximum absolute atomic E-state index is 13.2. The van der Waals surface area contributed by atoms with Crippen molar-refractivity contribution >= 4 is 11.6 Å². The number of ether oxygens (including phenoxy) is 2. The van der Waals surface area contributed by atoms with E-state index in [-0.39, 0.29) is 11.8 Å². The smallest absolute Gasteiger partial charge is 0.193 e. The van der Waals surface area contributed by atoms with Gasteiger partial charge in [0.25, 0.3) is 0 Å². The molecule has 2 aromatic rings. The van der Waals surface area contributed by atoms with Gasteiger partial charge in [-0.15, -0.1) is 0 Å².